The van der Waals surface area contributed by atoms with Crippen LogP contribution in [0.15, 0.2) is 18.2 Å². The van der Waals surface area contributed by atoms with Crippen LogP contribution in [-0.4, -0.2) is 36.1 Å². The summed E-state index contributed by atoms with van der Waals surface area (Å²) in [4.78, 5) is 15.3. The van der Waals surface area contributed by atoms with E-state index in [1.807, 2.05) is 43.9 Å². The van der Waals surface area contributed by atoms with E-state index in [0.717, 1.165) is 15.6 Å². The number of amides is 1. The molecule has 0 spiro atoms. The van der Waals surface area contributed by atoms with Gasteiger partial charge in [-0.2, -0.15) is 0 Å². The summed E-state index contributed by atoms with van der Waals surface area (Å²) in [5, 5.41) is 0.984. The van der Waals surface area contributed by atoms with E-state index in [-0.39, 0.29) is 18.1 Å². The summed E-state index contributed by atoms with van der Waals surface area (Å²) in [5.41, 5.74) is 7.98. The maximum Gasteiger partial charge on any atom is 0.266 e. The summed E-state index contributed by atoms with van der Waals surface area (Å²) in [7, 11) is 0. The van der Waals surface area contributed by atoms with Crippen molar-refractivity contribution >= 4 is 33.0 Å². The highest BCUT2D eigenvalue weighted by atomic mass is 32.1. The minimum absolute atomic E-state index is 0.0232. The van der Waals surface area contributed by atoms with Crippen LogP contribution in [-0.2, 0) is 4.74 Å². The number of morpholine rings is 1. The van der Waals surface area contributed by atoms with Crippen molar-refractivity contribution in [3.8, 4) is 0 Å². The minimum atomic E-state index is 0.0232. The van der Waals surface area contributed by atoms with Crippen molar-refractivity contribution in [3.05, 3.63) is 28.6 Å². The smallest absolute Gasteiger partial charge is 0.266 e. The van der Waals surface area contributed by atoms with E-state index in [4.69, 9.17) is 10.5 Å². The number of hydrogen-bond acceptors (Lipinski definition) is 4. The lowest BCUT2D eigenvalue weighted by atomic mass is 10.1. The summed E-state index contributed by atoms with van der Waals surface area (Å²) in [6, 6.07) is 6.01. The molecule has 21 heavy (non-hydrogen) atoms. The molecule has 112 valence electrons. The Morgan fingerprint density at radius 1 is 1.33 bits per heavy atom. The van der Waals surface area contributed by atoms with Crippen molar-refractivity contribution in [1.29, 1.82) is 0 Å². The van der Waals surface area contributed by atoms with E-state index >= 15 is 0 Å². The molecule has 3 rings (SSSR count). The number of nitrogens with two attached hydrogens (primary N) is 1. The van der Waals surface area contributed by atoms with Gasteiger partial charge in [-0.3, -0.25) is 4.79 Å². The van der Waals surface area contributed by atoms with Crippen LogP contribution in [0.4, 0.5) is 5.69 Å². The van der Waals surface area contributed by atoms with E-state index < -0.39 is 0 Å². The van der Waals surface area contributed by atoms with Crippen LogP contribution in [0.3, 0.4) is 0 Å². The second kappa shape index (κ2) is 5.31. The van der Waals surface area contributed by atoms with E-state index in [2.05, 4.69) is 0 Å². The molecule has 5 heteroatoms. The van der Waals surface area contributed by atoms with E-state index in [0.29, 0.717) is 23.7 Å². The molecule has 1 aliphatic rings. The molecular formula is C16H20N2O2S. The highest BCUT2D eigenvalue weighted by Crippen LogP contribution is 2.36. The second-order valence-corrected chi connectivity index (χ2v) is 6.78. The number of carbonyl (C=O) groups excluding carboxylic acids is 1. The number of benzene rings is 1. The highest BCUT2D eigenvalue weighted by molar-refractivity contribution is 7.21. The summed E-state index contributed by atoms with van der Waals surface area (Å²) in [6.45, 7) is 7.28. The number of thiophene rings is 1. The summed E-state index contributed by atoms with van der Waals surface area (Å²) < 4.78 is 6.79. The third-order valence-electron chi connectivity index (χ3n) is 3.85. The SMILES string of the molecule is Cc1cccc2c(N)c(C(=O)N3CC(C)OC(C)C3)sc12. The molecule has 2 aromatic rings. The first-order chi connectivity index (χ1) is 9.97. The van der Waals surface area contributed by atoms with Crippen LogP contribution in [0.1, 0.15) is 29.1 Å². The van der Waals surface area contributed by atoms with Crippen molar-refractivity contribution in [1.82, 2.24) is 4.90 Å². The van der Waals surface area contributed by atoms with E-state index in [9.17, 15) is 4.79 Å². The molecule has 1 aliphatic heterocycles. The number of ether oxygens (including phenoxy) is 1. The quantitative estimate of drug-likeness (QED) is 0.881. The summed E-state index contributed by atoms with van der Waals surface area (Å²) in [5.74, 6) is 0.0232. The highest BCUT2D eigenvalue weighted by Gasteiger charge is 2.29. The number of hydrogen-bond donors (Lipinski definition) is 1. The molecule has 0 saturated carbocycles. The van der Waals surface area contributed by atoms with Gasteiger partial charge in [0.2, 0.25) is 0 Å². The number of anilines is 1. The van der Waals surface area contributed by atoms with E-state index in [1.54, 1.807) is 0 Å². The Kier molecular flexibility index (Phi) is 3.63. The molecule has 1 fully saturated rings. The van der Waals surface area contributed by atoms with Crippen LogP contribution >= 0.6 is 11.3 Å². The van der Waals surface area contributed by atoms with E-state index in [1.165, 1.54) is 11.3 Å². The fourth-order valence-electron chi connectivity index (χ4n) is 2.93. The largest absolute Gasteiger partial charge is 0.397 e. The topological polar surface area (TPSA) is 55.6 Å². The first-order valence-electron chi connectivity index (χ1n) is 7.19. The maximum atomic E-state index is 12.8. The second-order valence-electron chi connectivity index (χ2n) is 5.76. The summed E-state index contributed by atoms with van der Waals surface area (Å²) in [6.07, 6.45) is 0.130. The minimum Gasteiger partial charge on any atom is -0.397 e. The first-order valence-corrected chi connectivity index (χ1v) is 8.01. The molecule has 0 aliphatic carbocycles. The fourth-order valence-corrected chi connectivity index (χ4v) is 4.08. The van der Waals surface area contributed by atoms with Gasteiger partial charge in [0, 0.05) is 23.2 Å². The lowest BCUT2D eigenvalue weighted by molar-refractivity contribution is -0.0584. The molecule has 1 amide bonds. The zero-order valence-electron chi connectivity index (χ0n) is 12.6. The van der Waals surface area contributed by atoms with Crippen molar-refractivity contribution in [3.63, 3.8) is 0 Å². The van der Waals surface area contributed by atoms with Gasteiger partial charge in [-0.05, 0) is 26.3 Å². The Balaban J connectivity index is 1.98. The van der Waals surface area contributed by atoms with Crippen LogP contribution in [0.5, 0.6) is 0 Å². The Bertz CT molecular complexity index is 685. The normalized spacial score (nSPS) is 22.7. The zero-order chi connectivity index (χ0) is 15.1. The maximum absolute atomic E-state index is 12.8. The number of aryl methyl sites for hydroxylation is 1. The lowest BCUT2D eigenvalue weighted by Gasteiger charge is -2.35. The number of nitrogen functional groups attached to an aromatic ring is 1. The molecule has 1 aromatic heterocycles. The van der Waals surface area contributed by atoms with Crippen LogP contribution in [0.2, 0.25) is 0 Å². The predicted molar refractivity (Wildman–Crippen MR) is 86.9 cm³/mol. The van der Waals surface area contributed by atoms with Crippen molar-refractivity contribution in [2.45, 2.75) is 33.0 Å². The van der Waals surface area contributed by atoms with Crippen LogP contribution < -0.4 is 5.73 Å². The van der Waals surface area contributed by atoms with Gasteiger partial charge in [-0.1, -0.05) is 18.2 Å². The van der Waals surface area contributed by atoms with Crippen molar-refractivity contribution < 1.29 is 9.53 Å². The van der Waals surface area contributed by atoms with Gasteiger partial charge in [0.25, 0.3) is 5.91 Å². The first kappa shape index (κ1) is 14.4. The Labute approximate surface area is 128 Å². The monoisotopic (exact) mass is 304 g/mol. The Morgan fingerprint density at radius 2 is 2.00 bits per heavy atom. The van der Waals surface area contributed by atoms with Crippen LogP contribution in [0.25, 0.3) is 10.1 Å². The molecule has 2 N–H and O–H groups in total. The van der Waals surface area contributed by atoms with Crippen molar-refractivity contribution in [2.24, 2.45) is 0 Å². The fraction of sp³-hybridized carbons (Fsp3) is 0.438. The molecular weight excluding hydrogens is 284 g/mol. The molecule has 4 nitrogen and oxygen atoms in total. The number of rotatable bonds is 1. The standard InChI is InChI=1S/C16H20N2O2S/c1-9-5-4-6-12-13(17)15(21-14(9)12)16(19)18-7-10(2)20-11(3)8-18/h4-6,10-11H,7-8,17H2,1-3H3. The average molecular weight is 304 g/mol. The average Bonchev–Trinajstić information content (AvgIpc) is 2.76. The molecule has 1 saturated heterocycles. The van der Waals surface area contributed by atoms with Gasteiger partial charge in [0.05, 0.1) is 17.9 Å². The van der Waals surface area contributed by atoms with Gasteiger partial charge in [0.1, 0.15) is 4.88 Å². The third-order valence-corrected chi connectivity index (χ3v) is 5.20. The molecule has 2 heterocycles. The number of nitrogens with zero attached hydrogens (tertiary/aromatic N) is 1. The van der Waals surface area contributed by atoms with Gasteiger partial charge in [-0.25, -0.2) is 0 Å². The molecule has 2 unspecified atom stereocenters. The van der Waals surface area contributed by atoms with Crippen LogP contribution in [0, 0.1) is 6.92 Å². The number of fused-ring (bicyclic) bond motifs is 1. The number of carbonyl (C=O) groups is 1. The Morgan fingerprint density at radius 3 is 2.62 bits per heavy atom. The zero-order valence-corrected chi connectivity index (χ0v) is 13.4. The third kappa shape index (κ3) is 2.51. The molecule has 0 bridgehead atoms. The summed E-state index contributed by atoms with van der Waals surface area (Å²) >= 11 is 1.50. The van der Waals surface area contributed by atoms with Crippen molar-refractivity contribution in [2.75, 3.05) is 18.8 Å². The van der Waals surface area contributed by atoms with Gasteiger partial charge >= 0.3 is 0 Å². The molecule has 0 radical (unpaired) electrons. The lowest BCUT2D eigenvalue weighted by Crippen LogP contribution is -2.48. The van der Waals surface area contributed by atoms with Gasteiger partial charge in [-0.15, -0.1) is 11.3 Å². The Hall–Kier alpha value is -1.59. The van der Waals surface area contributed by atoms with Gasteiger partial charge in [0.15, 0.2) is 0 Å². The predicted octanol–water partition coefficient (Wildman–Crippen LogP) is 3.04. The molecule has 1 aromatic carbocycles. The molecule has 2 atom stereocenters. The van der Waals surface area contributed by atoms with Gasteiger partial charge < -0.3 is 15.4 Å².